The number of aromatic nitrogens is 3. The van der Waals surface area contributed by atoms with E-state index in [1.54, 1.807) is 32.5 Å². The van der Waals surface area contributed by atoms with Crippen LogP contribution in [-0.4, -0.2) is 64.9 Å². The lowest BCUT2D eigenvalue weighted by Gasteiger charge is -2.37. The van der Waals surface area contributed by atoms with E-state index in [2.05, 4.69) is 15.0 Å². The SMILES string of the molecule is COc1ccc(C(OC[C@H]2O[C@@H](n3ccc(=O)[nH]c3=O)[C@H](N=Cc3ccccn3)[C@@H]2O)(c2ccccc2)c2ccc(OC)cc2)cc1. The van der Waals surface area contributed by atoms with Crippen LogP contribution in [0.1, 0.15) is 28.6 Å². The van der Waals surface area contributed by atoms with Gasteiger partial charge in [0.05, 0.1) is 26.5 Å². The second-order valence-electron chi connectivity index (χ2n) is 10.9. The maximum absolute atomic E-state index is 12.9. The molecule has 0 spiro atoms. The van der Waals surface area contributed by atoms with Gasteiger partial charge < -0.3 is 24.1 Å². The van der Waals surface area contributed by atoms with Gasteiger partial charge in [0.15, 0.2) is 6.23 Å². The van der Waals surface area contributed by atoms with Crippen molar-refractivity contribution in [3.05, 3.63) is 159 Å². The molecular formula is C36H34N4O7. The van der Waals surface area contributed by atoms with Crippen molar-refractivity contribution in [2.75, 3.05) is 20.8 Å². The van der Waals surface area contributed by atoms with Gasteiger partial charge in [-0.05, 0) is 53.1 Å². The molecule has 4 atom stereocenters. The van der Waals surface area contributed by atoms with Crippen molar-refractivity contribution in [3.63, 3.8) is 0 Å². The molecule has 2 aromatic heterocycles. The Balaban J connectivity index is 1.41. The summed E-state index contributed by atoms with van der Waals surface area (Å²) in [6, 6.07) is 30.6. The van der Waals surface area contributed by atoms with Crippen LogP contribution < -0.4 is 20.7 Å². The molecule has 240 valence electrons. The van der Waals surface area contributed by atoms with Crippen LogP contribution in [0, 0.1) is 0 Å². The Hall–Kier alpha value is -5.36. The Morgan fingerprint density at radius 3 is 2.06 bits per heavy atom. The van der Waals surface area contributed by atoms with Crippen molar-refractivity contribution >= 4 is 6.21 Å². The first kappa shape index (κ1) is 31.6. The lowest BCUT2D eigenvalue weighted by Crippen LogP contribution is -2.39. The van der Waals surface area contributed by atoms with Gasteiger partial charge in [-0.3, -0.25) is 24.3 Å². The van der Waals surface area contributed by atoms with Gasteiger partial charge in [0.25, 0.3) is 5.56 Å². The number of aliphatic hydroxyl groups is 1. The first-order chi connectivity index (χ1) is 22.9. The number of benzene rings is 3. The number of nitrogens with one attached hydrogen (secondary N) is 1. The van der Waals surface area contributed by atoms with Crippen molar-refractivity contribution < 1.29 is 24.1 Å². The molecule has 6 rings (SSSR count). The molecule has 5 aromatic rings. The molecule has 1 fully saturated rings. The smallest absolute Gasteiger partial charge is 0.330 e. The monoisotopic (exact) mass is 634 g/mol. The molecular weight excluding hydrogens is 600 g/mol. The predicted octanol–water partition coefficient (Wildman–Crippen LogP) is 3.70. The molecule has 11 heteroatoms. The minimum absolute atomic E-state index is 0.0989. The maximum atomic E-state index is 12.9. The van der Waals surface area contributed by atoms with Crippen LogP contribution in [0.4, 0.5) is 0 Å². The summed E-state index contributed by atoms with van der Waals surface area (Å²) in [6.45, 7) is -0.0989. The molecule has 1 aliphatic rings. The number of hydrogen-bond acceptors (Lipinski definition) is 9. The van der Waals surface area contributed by atoms with Crippen LogP contribution in [0.5, 0.6) is 11.5 Å². The average molecular weight is 635 g/mol. The molecule has 2 N–H and O–H groups in total. The van der Waals surface area contributed by atoms with Crippen LogP contribution >= 0.6 is 0 Å². The van der Waals surface area contributed by atoms with Crippen LogP contribution in [-0.2, 0) is 15.1 Å². The molecule has 47 heavy (non-hydrogen) atoms. The number of H-pyrrole nitrogens is 1. The lowest BCUT2D eigenvalue weighted by molar-refractivity contribution is -0.0945. The molecule has 0 radical (unpaired) electrons. The molecule has 0 bridgehead atoms. The van der Waals surface area contributed by atoms with E-state index >= 15 is 0 Å². The van der Waals surface area contributed by atoms with E-state index in [9.17, 15) is 14.7 Å². The van der Waals surface area contributed by atoms with Crippen LogP contribution in [0.3, 0.4) is 0 Å². The third-order valence-corrected chi connectivity index (χ3v) is 8.17. The fourth-order valence-electron chi connectivity index (χ4n) is 5.78. The van der Waals surface area contributed by atoms with Gasteiger partial charge in [0.2, 0.25) is 0 Å². The summed E-state index contributed by atoms with van der Waals surface area (Å²) in [7, 11) is 3.21. The van der Waals surface area contributed by atoms with Gasteiger partial charge in [0.1, 0.15) is 35.3 Å². The van der Waals surface area contributed by atoms with Crippen LogP contribution in [0.15, 0.2) is 130 Å². The number of methoxy groups -OCH3 is 2. The van der Waals surface area contributed by atoms with Crippen molar-refractivity contribution in [2.45, 2.75) is 30.1 Å². The Morgan fingerprint density at radius 2 is 1.49 bits per heavy atom. The fourth-order valence-corrected chi connectivity index (χ4v) is 5.78. The minimum atomic E-state index is -1.20. The zero-order valence-electron chi connectivity index (χ0n) is 25.8. The summed E-state index contributed by atoms with van der Waals surface area (Å²) in [5, 5.41) is 11.7. The number of aliphatic imine (C=N–C) groups is 1. The number of hydrogen-bond donors (Lipinski definition) is 2. The van der Waals surface area contributed by atoms with Crippen molar-refractivity contribution in [2.24, 2.45) is 4.99 Å². The first-order valence-electron chi connectivity index (χ1n) is 15.0. The first-order valence-corrected chi connectivity index (χ1v) is 15.0. The topological polar surface area (TPSA) is 137 Å². The number of nitrogens with zero attached hydrogens (tertiary/aromatic N) is 3. The Kier molecular flexibility index (Phi) is 9.39. The number of aliphatic hydroxyl groups excluding tert-OH is 1. The summed E-state index contributed by atoms with van der Waals surface area (Å²) < 4.78 is 25.4. The third kappa shape index (κ3) is 6.50. The van der Waals surface area contributed by atoms with E-state index in [-0.39, 0.29) is 6.61 Å². The van der Waals surface area contributed by atoms with E-state index in [1.165, 1.54) is 23.0 Å². The number of aromatic amines is 1. The predicted molar refractivity (Wildman–Crippen MR) is 175 cm³/mol. The second kappa shape index (κ2) is 14.0. The van der Waals surface area contributed by atoms with Gasteiger partial charge in [-0.1, -0.05) is 60.7 Å². The number of pyridine rings is 1. The quantitative estimate of drug-likeness (QED) is 0.166. The van der Waals surface area contributed by atoms with Gasteiger partial charge in [-0.2, -0.15) is 0 Å². The second-order valence-corrected chi connectivity index (χ2v) is 10.9. The van der Waals surface area contributed by atoms with E-state index in [1.807, 2.05) is 84.9 Å². The summed E-state index contributed by atoms with van der Waals surface area (Å²) in [6.07, 6.45) is 1.31. The van der Waals surface area contributed by atoms with Crippen molar-refractivity contribution in [1.29, 1.82) is 0 Å². The summed E-state index contributed by atoms with van der Waals surface area (Å²) in [5.41, 5.74) is 0.604. The number of ether oxygens (including phenoxy) is 4. The Bertz CT molecular complexity index is 1860. The van der Waals surface area contributed by atoms with Gasteiger partial charge in [0, 0.05) is 24.7 Å². The molecule has 11 nitrogen and oxygen atoms in total. The highest BCUT2D eigenvalue weighted by molar-refractivity contribution is 5.76. The summed E-state index contributed by atoms with van der Waals surface area (Å²) in [5.74, 6) is 1.37. The minimum Gasteiger partial charge on any atom is -0.497 e. The molecule has 1 aliphatic heterocycles. The summed E-state index contributed by atoms with van der Waals surface area (Å²) >= 11 is 0. The Morgan fingerprint density at radius 1 is 0.872 bits per heavy atom. The number of rotatable bonds is 11. The highest BCUT2D eigenvalue weighted by Crippen LogP contribution is 2.43. The van der Waals surface area contributed by atoms with Gasteiger partial charge >= 0.3 is 5.69 Å². The van der Waals surface area contributed by atoms with E-state index < -0.39 is 41.3 Å². The molecule has 3 heterocycles. The van der Waals surface area contributed by atoms with Crippen molar-refractivity contribution in [3.8, 4) is 11.5 Å². The highest BCUT2D eigenvalue weighted by atomic mass is 16.6. The highest BCUT2D eigenvalue weighted by Gasteiger charge is 2.47. The maximum Gasteiger partial charge on any atom is 0.330 e. The lowest BCUT2D eigenvalue weighted by atomic mass is 9.80. The summed E-state index contributed by atoms with van der Waals surface area (Å²) in [4.78, 5) is 35.8. The molecule has 0 aliphatic carbocycles. The standard InChI is InChI=1S/C36H34N4O7/c1-44-28-15-11-25(12-16-28)36(24-8-4-3-5-9-24,26-13-17-29(45-2)18-14-26)46-23-30-33(42)32(38-22-27-10-6-7-20-37-27)34(47-30)40-21-19-31(41)39-35(40)43/h3-22,30,32-34,42H,23H2,1-2H3,(H,39,41,43)/t30-,32-,33-,34-/m1/s1. The molecule has 0 unspecified atom stereocenters. The van der Waals surface area contributed by atoms with E-state index in [0.29, 0.717) is 17.2 Å². The van der Waals surface area contributed by atoms with E-state index in [4.69, 9.17) is 18.9 Å². The third-order valence-electron chi connectivity index (χ3n) is 8.17. The zero-order chi connectivity index (χ0) is 32.8. The van der Waals surface area contributed by atoms with Crippen LogP contribution in [0.2, 0.25) is 0 Å². The van der Waals surface area contributed by atoms with E-state index in [0.717, 1.165) is 16.7 Å². The molecule has 0 amide bonds. The van der Waals surface area contributed by atoms with Gasteiger partial charge in [-0.25, -0.2) is 4.79 Å². The van der Waals surface area contributed by atoms with Gasteiger partial charge in [-0.15, -0.1) is 0 Å². The average Bonchev–Trinajstić information content (AvgIpc) is 3.43. The largest absolute Gasteiger partial charge is 0.497 e. The molecule has 0 saturated carbocycles. The van der Waals surface area contributed by atoms with Crippen LogP contribution in [0.25, 0.3) is 0 Å². The fraction of sp³-hybridized carbons (Fsp3) is 0.222. The van der Waals surface area contributed by atoms with Crippen molar-refractivity contribution in [1.82, 2.24) is 14.5 Å². The zero-order valence-corrected chi connectivity index (χ0v) is 25.8. The normalized spacial score (nSPS) is 19.6. The molecule has 3 aromatic carbocycles. The molecule has 1 saturated heterocycles. The Labute approximate surface area is 270 Å².